The summed E-state index contributed by atoms with van der Waals surface area (Å²) in [4.78, 5) is 15.7. The van der Waals surface area contributed by atoms with E-state index in [1.807, 2.05) is 42.5 Å². The second-order valence-corrected chi connectivity index (χ2v) is 5.01. The number of esters is 1. The van der Waals surface area contributed by atoms with Gasteiger partial charge in [-0.1, -0.05) is 30.3 Å². The first kappa shape index (κ1) is 15.8. The molecule has 114 valence electrons. The molecular weight excluding hydrogens is 276 g/mol. The third kappa shape index (κ3) is 4.19. The number of aromatic nitrogens is 1. The fraction of sp³-hybridized carbons (Fsp3) is 0.222. The minimum atomic E-state index is -0.283. The van der Waals surface area contributed by atoms with Crippen LogP contribution in [0.15, 0.2) is 48.2 Å². The molecule has 0 spiro atoms. The molecular formula is C18H20N2O2. The van der Waals surface area contributed by atoms with Gasteiger partial charge in [0.25, 0.3) is 0 Å². The minimum Gasteiger partial charge on any atom is -0.463 e. The van der Waals surface area contributed by atoms with Crippen LogP contribution in [-0.4, -0.2) is 17.6 Å². The largest absolute Gasteiger partial charge is 0.463 e. The lowest BCUT2D eigenvalue weighted by molar-refractivity contribution is -0.138. The summed E-state index contributed by atoms with van der Waals surface area (Å²) in [6.45, 7) is 3.93. The summed E-state index contributed by atoms with van der Waals surface area (Å²) in [5.41, 5.74) is 9.56. The quantitative estimate of drug-likeness (QED) is 0.679. The fourth-order valence-electron chi connectivity index (χ4n) is 2.11. The fourth-order valence-corrected chi connectivity index (χ4v) is 2.11. The summed E-state index contributed by atoms with van der Waals surface area (Å²) in [6, 6.07) is 11.9. The lowest BCUT2D eigenvalue weighted by Gasteiger charge is -2.05. The molecule has 1 aromatic carbocycles. The van der Waals surface area contributed by atoms with Crippen molar-refractivity contribution in [3.05, 3.63) is 64.9 Å². The van der Waals surface area contributed by atoms with Crippen molar-refractivity contribution >= 4 is 17.9 Å². The van der Waals surface area contributed by atoms with E-state index in [0.29, 0.717) is 18.0 Å². The zero-order chi connectivity index (χ0) is 15.9. The van der Waals surface area contributed by atoms with Crippen LogP contribution in [0.5, 0.6) is 0 Å². The third-order valence-corrected chi connectivity index (χ3v) is 3.28. The van der Waals surface area contributed by atoms with Crippen molar-refractivity contribution in [3.63, 3.8) is 0 Å². The standard InChI is InChI=1S/C18H20N2O2/c1-3-22-18(21)13(2)11-14-6-8-15(9-7-14)12-16-5-4-10-20-17(16)19/h4-11H,3,12H2,1-2H3,(H2,19,20)/b13-11+. The van der Waals surface area contributed by atoms with Crippen molar-refractivity contribution < 1.29 is 9.53 Å². The van der Waals surface area contributed by atoms with E-state index in [9.17, 15) is 4.79 Å². The molecule has 0 fully saturated rings. The van der Waals surface area contributed by atoms with Gasteiger partial charge in [-0.3, -0.25) is 0 Å². The number of carbonyl (C=O) groups excluding carboxylic acids is 1. The smallest absolute Gasteiger partial charge is 0.333 e. The molecule has 1 aromatic heterocycles. The average molecular weight is 296 g/mol. The molecule has 1 heterocycles. The van der Waals surface area contributed by atoms with Gasteiger partial charge >= 0.3 is 5.97 Å². The minimum absolute atomic E-state index is 0.283. The van der Waals surface area contributed by atoms with Crippen molar-refractivity contribution in [1.29, 1.82) is 0 Å². The monoisotopic (exact) mass is 296 g/mol. The van der Waals surface area contributed by atoms with Gasteiger partial charge in [0.15, 0.2) is 0 Å². The zero-order valence-corrected chi connectivity index (χ0v) is 12.9. The van der Waals surface area contributed by atoms with Crippen LogP contribution < -0.4 is 5.73 Å². The molecule has 0 amide bonds. The topological polar surface area (TPSA) is 65.2 Å². The molecule has 0 aliphatic heterocycles. The van der Waals surface area contributed by atoms with E-state index in [4.69, 9.17) is 10.5 Å². The second kappa shape index (κ2) is 7.41. The molecule has 0 aliphatic carbocycles. The zero-order valence-electron chi connectivity index (χ0n) is 12.9. The van der Waals surface area contributed by atoms with Gasteiger partial charge < -0.3 is 10.5 Å². The highest BCUT2D eigenvalue weighted by Crippen LogP contribution is 2.16. The van der Waals surface area contributed by atoms with Crippen molar-refractivity contribution in [3.8, 4) is 0 Å². The molecule has 2 N–H and O–H groups in total. The maximum atomic E-state index is 11.6. The number of rotatable bonds is 5. The number of hydrogen-bond donors (Lipinski definition) is 1. The van der Waals surface area contributed by atoms with Crippen LogP contribution in [0.2, 0.25) is 0 Å². The van der Waals surface area contributed by atoms with Crippen LogP contribution in [0.4, 0.5) is 5.82 Å². The van der Waals surface area contributed by atoms with E-state index >= 15 is 0 Å². The Labute approximate surface area is 130 Å². The first-order valence-corrected chi connectivity index (χ1v) is 7.24. The van der Waals surface area contributed by atoms with Gasteiger partial charge in [0.05, 0.1) is 6.61 Å². The van der Waals surface area contributed by atoms with Crippen LogP contribution >= 0.6 is 0 Å². The Kier molecular flexibility index (Phi) is 5.31. The molecule has 4 nitrogen and oxygen atoms in total. The number of carbonyl (C=O) groups is 1. The summed E-state index contributed by atoms with van der Waals surface area (Å²) in [7, 11) is 0. The Balaban J connectivity index is 2.09. The number of nitrogens with zero attached hydrogens (tertiary/aromatic N) is 1. The van der Waals surface area contributed by atoms with E-state index in [-0.39, 0.29) is 5.97 Å². The van der Waals surface area contributed by atoms with Gasteiger partial charge in [-0.25, -0.2) is 9.78 Å². The Morgan fingerprint density at radius 1 is 1.27 bits per heavy atom. The lowest BCUT2D eigenvalue weighted by atomic mass is 10.0. The SMILES string of the molecule is CCOC(=O)/C(C)=C/c1ccc(Cc2cccnc2N)cc1. The highest BCUT2D eigenvalue weighted by atomic mass is 16.5. The Bertz CT molecular complexity index is 676. The number of anilines is 1. The molecule has 0 unspecified atom stereocenters. The molecule has 2 aromatic rings. The maximum Gasteiger partial charge on any atom is 0.333 e. The summed E-state index contributed by atoms with van der Waals surface area (Å²) >= 11 is 0. The summed E-state index contributed by atoms with van der Waals surface area (Å²) in [5.74, 6) is 0.277. The predicted octanol–water partition coefficient (Wildman–Crippen LogP) is 3.22. The second-order valence-electron chi connectivity index (χ2n) is 5.01. The summed E-state index contributed by atoms with van der Waals surface area (Å²) < 4.78 is 4.96. The molecule has 0 saturated heterocycles. The van der Waals surface area contributed by atoms with E-state index in [2.05, 4.69) is 4.98 Å². The molecule has 0 bridgehead atoms. The number of nitrogen functional groups attached to an aromatic ring is 1. The Hall–Kier alpha value is -2.62. The predicted molar refractivity (Wildman–Crippen MR) is 88.2 cm³/mol. The van der Waals surface area contributed by atoms with Gasteiger partial charge in [0.1, 0.15) is 5.82 Å². The van der Waals surface area contributed by atoms with Gasteiger partial charge in [0, 0.05) is 18.2 Å². The Morgan fingerprint density at radius 3 is 2.64 bits per heavy atom. The van der Waals surface area contributed by atoms with Gasteiger partial charge in [-0.2, -0.15) is 0 Å². The van der Waals surface area contributed by atoms with Gasteiger partial charge in [-0.05, 0) is 42.7 Å². The maximum absolute atomic E-state index is 11.6. The molecule has 22 heavy (non-hydrogen) atoms. The molecule has 4 heteroatoms. The lowest BCUT2D eigenvalue weighted by Crippen LogP contribution is -2.04. The average Bonchev–Trinajstić information content (AvgIpc) is 2.51. The van der Waals surface area contributed by atoms with E-state index in [0.717, 1.165) is 23.1 Å². The number of nitrogens with two attached hydrogens (primary N) is 1. The van der Waals surface area contributed by atoms with Crippen molar-refractivity contribution in [1.82, 2.24) is 4.98 Å². The molecule has 0 saturated carbocycles. The number of hydrogen-bond acceptors (Lipinski definition) is 4. The normalized spacial score (nSPS) is 11.3. The number of ether oxygens (including phenoxy) is 1. The van der Waals surface area contributed by atoms with Crippen LogP contribution in [0.25, 0.3) is 6.08 Å². The van der Waals surface area contributed by atoms with Crippen LogP contribution in [0.3, 0.4) is 0 Å². The molecule has 0 aliphatic rings. The summed E-state index contributed by atoms with van der Waals surface area (Å²) in [6.07, 6.45) is 4.24. The highest BCUT2D eigenvalue weighted by molar-refractivity contribution is 5.92. The van der Waals surface area contributed by atoms with Crippen LogP contribution in [0.1, 0.15) is 30.5 Å². The van der Waals surface area contributed by atoms with Gasteiger partial charge in [-0.15, -0.1) is 0 Å². The van der Waals surface area contributed by atoms with E-state index in [1.54, 1.807) is 20.0 Å². The van der Waals surface area contributed by atoms with E-state index < -0.39 is 0 Å². The van der Waals surface area contributed by atoms with E-state index in [1.165, 1.54) is 0 Å². The van der Waals surface area contributed by atoms with Crippen molar-refractivity contribution in [2.75, 3.05) is 12.3 Å². The number of benzene rings is 1. The first-order chi connectivity index (χ1) is 10.6. The third-order valence-electron chi connectivity index (χ3n) is 3.28. The van der Waals surface area contributed by atoms with Crippen LogP contribution in [-0.2, 0) is 16.0 Å². The molecule has 2 rings (SSSR count). The highest BCUT2D eigenvalue weighted by Gasteiger charge is 2.05. The molecule has 0 radical (unpaired) electrons. The first-order valence-electron chi connectivity index (χ1n) is 7.24. The molecule has 0 atom stereocenters. The van der Waals surface area contributed by atoms with Crippen molar-refractivity contribution in [2.24, 2.45) is 0 Å². The van der Waals surface area contributed by atoms with Crippen molar-refractivity contribution in [2.45, 2.75) is 20.3 Å². The summed E-state index contributed by atoms with van der Waals surface area (Å²) in [5, 5.41) is 0. The van der Waals surface area contributed by atoms with Crippen LogP contribution in [0, 0.1) is 0 Å². The van der Waals surface area contributed by atoms with Gasteiger partial charge in [0.2, 0.25) is 0 Å². The number of pyridine rings is 1. The Morgan fingerprint density at radius 2 is 2.00 bits per heavy atom.